The molecule has 0 atom stereocenters. The third kappa shape index (κ3) is 3.02. The van der Waals surface area contributed by atoms with Crippen molar-refractivity contribution >= 4 is 28.4 Å². The summed E-state index contributed by atoms with van der Waals surface area (Å²) < 4.78 is 5.40. The van der Waals surface area contributed by atoms with Gasteiger partial charge in [0.05, 0.1) is 12.2 Å². The van der Waals surface area contributed by atoms with Crippen molar-refractivity contribution in [1.82, 2.24) is 10.5 Å². The predicted molar refractivity (Wildman–Crippen MR) is 96.9 cm³/mol. The van der Waals surface area contributed by atoms with E-state index in [-0.39, 0.29) is 30.2 Å². The Kier molecular flexibility index (Phi) is 4.09. The van der Waals surface area contributed by atoms with Crippen molar-refractivity contribution in [1.29, 1.82) is 0 Å². The van der Waals surface area contributed by atoms with Gasteiger partial charge in [0, 0.05) is 16.6 Å². The molecule has 1 aliphatic heterocycles. The van der Waals surface area contributed by atoms with Crippen LogP contribution < -0.4 is 20.7 Å². The molecule has 3 aromatic rings. The Morgan fingerprint density at radius 3 is 2.81 bits per heavy atom. The van der Waals surface area contributed by atoms with Crippen LogP contribution in [0.15, 0.2) is 53.3 Å². The molecule has 27 heavy (non-hydrogen) atoms. The lowest BCUT2D eigenvalue weighted by Gasteiger charge is -2.29. The van der Waals surface area contributed by atoms with Crippen LogP contribution in [0.3, 0.4) is 0 Å². The van der Waals surface area contributed by atoms with Crippen molar-refractivity contribution in [2.24, 2.45) is 0 Å². The number of anilines is 1. The summed E-state index contributed by atoms with van der Waals surface area (Å²) in [4.78, 5) is 40.7. The summed E-state index contributed by atoms with van der Waals surface area (Å²) in [6.45, 7) is -0.135. The molecule has 2 heterocycles. The highest BCUT2D eigenvalue weighted by atomic mass is 16.5. The summed E-state index contributed by atoms with van der Waals surface area (Å²) in [7, 11) is 0. The second kappa shape index (κ2) is 6.58. The van der Waals surface area contributed by atoms with Gasteiger partial charge in [0.15, 0.2) is 6.61 Å². The highest BCUT2D eigenvalue weighted by Crippen LogP contribution is 2.34. The number of carbonyl (C=O) groups is 2. The number of pyridine rings is 1. The van der Waals surface area contributed by atoms with E-state index in [1.807, 2.05) is 18.2 Å². The first-order valence-electron chi connectivity index (χ1n) is 8.19. The number of benzene rings is 2. The van der Waals surface area contributed by atoms with Crippen LogP contribution in [0.1, 0.15) is 15.9 Å². The van der Waals surface area contributed by atoms with Gasteiger partial charge in [-0.1, -0.05) is 18.2 Å². The first-order chi connectivity index (χ1) is 13.1. The van der Waals surface area contributed by atoms with Crippen LogP contribution in [0.2, 0.25) is 0 Å². The van der Waals surface area contributed by atoms with Crippen LogP contribution in [-0.4, -0.2) is 28.6 Å². The number of H-pyrrole nitrogens is 1. The molecule has 4 rings (SSSR count). The Hall–Kier alpha value is -3.65. The van der Waals surface area contributed by atoms with Crippen LogP contribution in [-0.2, 0) is 11.3 Å². The molecule has 2 amide bonds. The molecule has 0 saturated carbocycles. The maximum absolute atomic E-state index is 12.4. The zero-order chi connectivity index (χ0) is 19.0. The second-order valence-corrected chi connectivity index (χ2v) is 6.10. The Bertz CT molecular complexity index is 1120. The molecule has 1 aromatic heterocycles. The molecular weight excluding hydrogens is 350 g/mol. The summed E-state index contributed by atoms with van der Waals surface area (Å²) in [6, 6.07) is 13.6. The van der Waals surface area contributed by atoms with Gasteiger partial charge < -0.3 is 14.6 Å². The minimum absolute atomic E-state index is 0.0273. The van der Waals surface area contributed by atoms with Gasteiger partial charge in [-0.25, -0.2) is 5.48 Å². The fourth-order valence-electron chi connectivity index (χ4n) is 3.06. The maximum atomic E-state index is 12.4. The van der Waals surface area contributed by atoms with Gasteiger partial charge >= 0.3 is 0 Å². The molecule has 0 bridgehead atoms. The molecule has 0 saturated heterocycles. The van der Waals surface area contributed by atoms with Crippen LogP contribution in [0, 0.1) is 0 Å². The number of para-hydroxylation sites is 1. The van der Waals surface area contributed by atoms with Crippen molar-refractivity contribution in [3.63, 3.8) is 0 Å². The van der Waals surface area contributed by atoms with E-state index >= 15 is 0 Å². The average Bonchev–Trinajstić information content (AvgIpc) is 2.69. The molecular formula is C19H15N3O5. The van der Waals surface area contributed by atoms with Crippen LogP contribution in [0.25, 0.3) is 10.9 Å². The summed E-state index contributed by atoms with van der Waals surface area (Å²) in [5.74, 6) is -0.628. The molecule has 0 spiro atoms. The quantitative estimate of drug-likeness (QED) is 0.482. The number of fused-ring (bicyclic) bond motifs is 2. The highest BCUT2D eigenvalue weighted by molar-refractivity contribution is 6.01. The van der Waals surface area contributed by atoms with Crippen molar-refractivity contribution in [3.05, 3.63) is 70.0 Å². The molecule has 8 nitrogen and oxygen atoms in total. The van der Waals surface area contributed by atoms with E-state index in [2.05, 4.69) is 4.98 Å². The number of hydrogen-bond acceptors (Lipinski definition) is 5. The standard InChI is InChI=1S/C19H15N3O5/c23-17-10-27-16-6-5-12(19(25)21-26)8-15(16)22(17)9-13-7-11-3-1-2-4-14(11)20-18(13)24/h1-8,26H,9-10H2,(H,20,24)(H,21,25). The number of nitrogens with zero attached hydrogens (tertiary/aromatic N) is 1. The van der Waals surface area contributed by atoms with Crippen LogP contribution in [0.4, 0.5) is 5.69 Å². The van der Waals surface area contributed by atoms with Crippen LogP contribution in [0.5, 0.6) is 5.75 Å². The van der Waals surface area contributed by atoms with Crippen molar-refractivity contribution in [2.75, 3.05) is 11.5 Å². The number of aromatic nitrogens is 1. The number of hydrogen-bond donors (Lipinski definition) is 3. The van der Waals surface area contributed by atoms with Crippen molar-refractivity contribution in [3.8, 4) is 5.75 Å². The predicted octanol–water partition coefficient (Wildman–Crippen LogP) is 1.57. The van der Waals surface area contributed by atoms with E-state index in [9.17, 15) is 14.4 Å². The van der Waals surface area contributed by atoms with Crippen molar-refractivity contribution < 1.29 is 19.5 Å². The zero-order valence-electron chi connectivity index (χ0n) is 14.1. The topological polar surface area (TPSA) is 112 Å². The minimum atomic E-state index is -0.709. The molecule has 0 radical (unpaired) electrons. The van der Waals surface area contributed by atoms with E-state index in [1.165, 1.54) is 17.0 Å². The fraction of sp³-hybridized carbons (Fsp3) is 0.105. The van der Waals surface area contributed by atoms with Gasteiger partial charge in [-0.15, -0.1) is 0 Å². The van der Waals surface area contributed by atoms with E-state index in [4.69, 9.17) is 9.94 Å². The Morgan fingerprint density at radius 2 is 2.00 bits per heavy atom. The first kappa shape index (κ1) is 16.8. The number of amides is 2. The highest BCUT2D eigenvalue weighted by Gasteiger charge is 2.27. The Balaban J connectivity index is 1.76. The van der Waals surface area contributed by atoms with Crippen LogP contribution >= 0.6 is 0 Å². The summed E-state index contributed by atoms with van der Waals surface area (Å²) in [5, 5.41) is 9.67. The molecule has 8 heteroatoms. The monoisotopic (exact) mass is 365 g/mol. The van der Waals surface area contributed by atoms with Gasteiger partial charge in [0.25, 0.3) is 17.4 Å². The maximum Gasteiger partial charge on any atom is 0.274 e. The SMILES string of the molecule is O=C(NO)c1ccc2c(c1)N(Cc1cc3ccccc3[nH]c1=O)C(=O)CO2. The van der Waals surface area contributed by atoms with Gasteiger partial charge in [-0.05, 0) is 35.7 Å². The summed E-state index contributed by atoms with van der Waals surface area (Å²) in [5.41, 5.74) is 2.90. The lowest BCUT2D eigenvalue weighted by atomic mass is 10.1. The lowest BCUT2D eigenvalue weighted by Crippen LogP contribution is -2.39. The van der Waals surface area contributed by atoms with Gasteiger partial charge in [-0.3, -0.25) is 19.6 Å². The fourth-order valence-corrected chi connectivity index (χ4v) is 3.06. The van der Waals surface area contributed by atoms with Gasteiger partial charge in [0.2, 0.25) is 0 Å². The van der Waals surface area contributed by atoms with Gasteiger partial charge in [-0.2, -0.15) is 0 Å². The number of ether oxygens (including phenoxy) is 1. The van der Waals surface area contributed by atoms with Gasteiger partial charge in [0.1, 0.15) is 5.75 Å². The second-order valence-electron chi connectivity index (χ2n) is 6.10. The molecule has 136 valence electrons. The molecule has 0 aliphatic carbocycles. The normalized spacial score (nSPS) is 13.2. The van der Waals surface area contributed by atoms with E-state index in [0.29, 0.717) is 22.5 Å². The Morgan fingerprint density at radius 1 is 1.19 bits per heavy atom. The summed E-state index contributed by atoms with van der Waals surface area (Å²) >= 11 is 0. The zero-order valence-corrected chi connectivity index (χ0v) is 14.1. The first-order valence-corrected chi connectivity index (χ1v) is 8.19. The third-order valence-electron chi connectivity index (χ3n) is 4.42. The minimum Gasteiger partial charge on any atom is -0.482 e. The molecule has 0 fully saturated rings. The number of aromatic amines is 1. The van der Waals surface area contributed by atoms with E-state index in [1.54, 1.807) is 23.7 Å². The average molecular weight is 365 g/mol. The van der Waals surface area contributed by atoms with E-state index in [0.717, 1.165) is 5.39 Å². The molecule has 2 aromatic carbocycles. The third-order valence-corrected chi connectivity index (χ3v) is 4.42. The number of nitrogens with one attached hydrogen (secondary N) is 2. The largest absolute Gasteiger partial charge is 0.482 e. The summed E-state index contributed by atoms with van der Waals surface area (Å²) in [6.07, 6.45) is 0. The molecule has 1 aliphatic rings. The van der Waals surface area contributed by atoms with E-state index < -0.39 is 5.91 Å². The number of hydroxylamine groups is 1. The van der Waals surface area contributed by atoms with Crippen molar-refractivity contribution in [2.45, 2.75) is 6.54 Å². The Labute approximate surface area is 152 Å². The lowest BCUT2D eigenvalue weighted by molar-refractivity contribution is -0.121. The smallest absolute Gasteiger partial charge is 0.274 e. The number of rotatable bonds is 3. The molecule has 0 unspecified atom stereocenters. The number of carbonyl (C=O) groups excluding carboxylic acids is 2. The molecule has 3 N–H and O–H groups in total.